The smallest absolute Gasteiger partial charge is 0.323 e. The Morgan fingerprint density at radius 3 is 2.56 bits per heavy atom. The number of ether oxygens (including phenoxy) is 1. The molecule has 6 heteroatoms. The maximum atomic E-state index is 12.0. The summed E-state index contributed by atoms with van der Waals surface area (Å²) in [5.74, 6) is -0.219. The van der Waals surface area contributed by atoms with E-state index >= 15 is 0 Å². The maximum Gasteiger partial charge on any atom is 0.323 e. The molecule has 18 heavy (non-hydrogen) atoms. The summed E-state index contributed by atoms with van der Waals surface area (Å²) in [6.07, 6.45) is 0. The first-order valence-corrected chi connectivity index (χ1v) is 6.41. The molecule has 0 aromatic heterocycles. The average Bonchev–Trinajstić information content (AvgIpc) is 2.39. The molecule has 1 heterocycles. The molecule has 1 rings (SSSR count). The second-order valence-corrected chi connectivity index (χ2v) is 4.47. The van der Waals surface area contributed by atoms with Gasteiger partial charge in [0.25, 0.3) is 0 Å². The summed E-state index contributed by atoms with van der Waals surface area (Å²) in [5.41, 5.74) is 0. The molecule has 0 saturated carbocycles. The summed E-state index contributed by atoms with van der Waals surface area (Å²) in [6.45, 7) is 7.29. The van der Waals surface area contributed by atoms with Gasteiger partial charge in [-0.05, 0) is 20.9 Å². The lowest BCUT2D eigenvalue weighted by Gasteiger charge is -2.30. The standard InChI is InChI=1S/C12H23N3O3/c1-4-18-12(17)10(2)14(3)9-11(16)15-7-5-13-6-8-15/h10,13H,4-9H2,1-3H3. The number of esters is 1. The monoisotopic (exact) mass is 257 g/mol. The zero-order valence-corrected chi connectivity index (χ0v) is 11.4. The van der Waals surface area contributed by atoms with Crippen LogP contribution in [0.4, 0.5) is 0 Å². The molecule has 0 aromatic carbocycles. The molecule has 1 unspecified atom stereocenters. The van der Waals surface area contributed by atoms with Gasteiger partial charge in [0, 0.05) is 26.2 Å². The second kappa shape index (κ2) is 7.33. The van der Waals surface area contributed by atoms with Crippen LogP contribution in [0.5, 0.6) is 0 Å². The highest BCUT2D eigenvalue weighted by atomic mass is 16.5. The number of carbonyl (C=O) groups is 2. The number of carbonyl (C=O) groups excluding carboxylic acids is 2. The van der Waals surface area contributed by atoms with Crippen LogP contribution in [-0.2, 0) is 14.3 Å². The predicted octanol–water partition coefficient (Wildman–Crippen LogP) is -0.698. The van der Waals surface area contributed by atoms with Crippen LogP contribution < -0.4 is 5.32 Å². The molecule has 104 valence electrons. The summed E-state index contributed by atoms with van der Waals surface area (Å²) in [6, 6.07) is -0.392. The Morgan fingerprint density at radius 1 is 1.39 bits per heavy atom. The molecule has 1 saturated heterocycles. The molecule has 1 amide bonds. The van der Waals surface area contributed by atoms with Crippen LogP contribution in [0.25, 0.3) is 0 Å². The Labute approximate surface area is 108 Å². The van der Waals surface area contributed by atoms with Gasteiger partial charge in [0.1, 0.15) is 6.04 Å². The molecule has 1 N–H and O–H groups in total. The van der Waals surface area contributed by atoms with E-state index in [1.54, 1.807) is 25.8 Å². The Hall–Kier alpha value is -1.14. The lowest BCUT2D eigenvalue weighted by Crippen LogP contribution is -2.51. The predicted molar refractivity (Wildman–Crippen MR) is 68.2 cm³/mol. The Bertz CT molecular complexity index is 290. The van der Waals surface area contributed by atoms with Crippen molar-refractivity contribution in [1.82, 2.24) is 15.1 Å². The van der Waals surface area contributed by atoms with Crippen molar-refractivity contribution in [3.63, 3.8) is 0 Å². The zero-order chi connectivity index (χ0) is 13.5. The molecule has 1 aliphatic heterocycles. The first kappa shape index (κ1) is 14.9. The van der Waals surface area contributed by atoms with Crippen LogP contribution in [0.2, 0.25) is 0 Å². The second-order valence-electron chi connectivity index (χ2n) is 4.47. The van der Waals surface area contributed by atoms with E-state index in [0.29, 0.717) is 6.61 Å². The molecule has 1 aliphatic rings. The number of rotatable bonds is 5. The van der Waals surface area contributed by atoms with Gasteiger partial charge < -0.3 is 15.0 Å². The van der Waals surface area contributed by atoms with E-state index in [2.05, 4.69) is 5.32 Å². The van der Waals surface area contributed by atoms with Crippen LogP contribution >= 0.6 is 0 Å². The first-order valence-electron chi connectivity index (χ1n) is 6.41. The molecule has 0 aromatic rings. The van der Waals surface area contributed by atoms with Crippen molar-refractivity contribution in [2.24, 2.45) is 0 Å². The van der Waals surface area contributed by atoms with Gasteiger partial charge in [0.2, 0.25) is 5.91 Å². The number of nitrogens with zero attached hydrogens (tertiary/aromatic N) is 2. The third-order valence-corrected chi connectivity index (χ3v) is 3.14. The van der Waals surface area contributed by atoms with Gasteiger partial charge in [-0.25, -0.2) is 0 Å². The molecular formula is C12H23N3O3. The lowest BCUT2D eigenvalue weighted by atomic mass is 10.3. The van der Waals surface area contributed by atoms with Crippen LogP contribution in [0, 0.1) is 0 Å². The highest BCUT2D eigenvalue weighted by molar-refractivity contribution is 5.80. The van der Waals surface area contributed by atoms with E-state index in [-0.39, 0.29) is 18.4 Å². The van der Waals surface area contributed by atoms with Crippen molar-refractivity contribution in [1.29, 1.82) is 0 Å². The van der Waals surface area contributed by atoms with Gasteiger partial charge >= 0.3 is 5.97 Å². The molecule has 6 nitrogen and oxygen atoms in total. The number of nitrogens with one attached hydrogen (secondary N) is 1. The van der Waals surface area contributed by atoms with Gasteiger partial charge in [-0.2, -0.15) is 0 Å². The van der Waals surface area contributed by atoms with Gasteiger partial charge in [-0.1, -0.05) is 0 Å². The third-order valence-electron chi connectivity index (χ3n) is 3.14. The molecule has 0 spiro atoms. The summed E-state index contributed by atoms with van der Waals surface area (Å²) in [4.78, 5) is 27.1. The fourth-order valence-corrected chi connectivity index (χ4v) is 1.81. The minimum Gasteiger partial charge on any atom is -0.465 e. The van der Waals surface area contributed by atoms with E-state index < -0.39 is 6.04 Å². The molecule has 0 radical (unpaired) electrons. The maximum absolute atomic E-state index is 12.0. The van der Waals surface area contributed by atoms with E-state index in [1.807, 2.05) is 4.90 Å². The first-order chi connectivity index (χ1) is 8.56. The van der Waals surface area contributed by atoms with Crippen molar-refractivity contribution < 1.29 is 14.3 Å². The van der Waals surface area contributed by atoms with Crippen molar-refractivity contribution in [2.75, 3.05) is 46.4 Å². The number of likely N-dealkylation sites (N-methyl/N-ethyl adjacent to an activating group) is 1. The quantitative estimate of drug-likeness (QED) is 0.660. The summed E-state index contributed by atoms with van der Waals surface area (Å²) in [7, 11) is 1.77. The third kappa shape index (κ3) is 4.27. The van der Waals surface area contributed by atoms with E-state index in [4.69, 9.17) is 4.74 Å². The Balaban J connectivity index is 2.40. The highest BCUT2D eigenvalue weighted by Crippen LogP contribution is 2.01. The Kier molecular flexibility index (Phi) is 6.07. The molecule has 0 bridgehead atoms. The molecule has 0 aliphatic carbocycles. The van der Waals surface area contributed by atoms with E-state index in [9.17, 15) is 9.59 Å². The largest absolute Gasteiger partial charge is 0.465 e. The molecular weight excluding hydrogens is 234 g/mol. The van der Waals surface area contributed by atoms with Crippen molar-refractivity contribution >= 4 is 11.9 Å². The number of hydrogen-bond acceptors (Lipinski definition) is 5. The van der Waals surface area contributed by atoms with Crippen LogP contribution in [-0.4, -0.2) is 74.1 Å². The molecule has 1 atom stereocenters. The normalized spacial score (nSPS) is 17.7. The van der Waals surface area contributed by atoms with Crippen LogP contribution in [0.1, 0.15) is 13.8 Å². The Morgan fingerprint density at radius 2 is 2.00 bits per heavy atom. The highest BCUT2D eigenvalue weighted by Gasteiger charge is 2.24. The number of hydrogen-bond donors (Lipinski definition) is 1. The minimum atomic E-state index is -0.392. The van der Waals surface area contributed by atoms with Gasteiger partial charge in [-0.15, -0.1) is 0 Å². The minimum absolute atomic E-state index is 0.0650. The van der Waals surface area contributed by atoms with Crippen molar-refractivity contribution in [2.45, 2.75) is 19.9 Å². The fourth-order valence-electron chi connectivity index (χ4n) is 1.81. The van der Waals surface area contributed by atoms with E-state index in [1.165, 1.54) is 0 Å². The topological polar surface area (TPSA) is 61.9 Å². The summed E-state index contributed by atoms with van der Waals surface area (Å²) >= 11 is 0. The van der Waals surface area contributed by atoms with Gasteiger partial charge in [0.15, 0.2) is 0 Å². The van der Waals surface area contributed by atoms with Crippen molar-refractivity contribution in [3.8, 4) is 0 Å². The van der Waals surface area contributed by atoms with Gasteiger partial charge in [-0.3, -0.25) is 14.5 Å². The summed E-state index contributed by atoms with van der Waals surface area (Å²) < 4.78 is 4.94. The fraction of sp³-hybridized carbons (Fsp3) is 0.833. The number of amides is 1. The van der Waals surface area contributed by atoms with Crippen molar-refractivity contribution in [3.05, 3.63) is 0 Å². The zero-order valence-electron chi connectivity index (χ0n) is 11.4. The average molecular weight is 257 g/mol. The molecule has 1 fully saturated rings. The lowest BCUT2D eigenvalue weighted by molar-refractivity contribution is -0.149. The van der Waals surface area contributed by atoms with Crippen LogP contribution in [0.3, 0.4) is 0 Å². The van der Waals surface area contributed by atoms with Gasteiger partial charge in [0.05, 0.1) is 13.2 Å². The van der Waals surface area contributed by atoms with Crippen LogP contribution in [0.15, 0.2) is 0 Å². The SMILES string of the molecule is CCOC(=O)C(C)N(C)CC(=O)N1CCNCC1. The summed E-state index contributed by atoms with van der Waals surface area (Å²) in [5, 5.41) is 3.20. The van der Waals surface area contributed by atoms with E-state index in [0.717, 1.165) is 26.2 Å². The number of piperazine rings is 1.